The normalized spacial score (nSPS) is 16.1. The van der Waals surface area contributed by atoms with Gasteiger partial charge in [-0.05, 0) is 45.7 Å². The molecule has 3 aromatic rings. The predicted molar refractivity (Wildman–Crippen MR) is 119 cm³/mol. The highest BCUT2D eigenvalue weighted by Gasteiger charge is 2.49. The molecule has 1 aromatic carbocycles. The third-order valence-corrected chi connectivity index (χ3v) is 6.22. The average Bonchev–Trinajstić information content (AvgIpc) is 3.59. The van der Waals surface area contributed by atoms with Crippen molar-refractivity contribution >= 4 is 16.9 Å². The van der Waals surface area contributed by atoms with Crippen LogP contribution in [-0.4, -0.2) is 32.8 Å². The zero-order valence-electron chi connectivity index (χ0n) is 19.2. The molecule has 0 aliphatic heterocycles. The Kier molecular flexibility index (Phi) is 5.64. The van der Waals surface area contributed by atoms with E-state index >= 15 is 4.39 Å². The summed E-state index contributed by atoms with van der Waals surface area (Å²) in [5.41, 5.74) is -3.13. The lowest BCUT2D eigenvalue weighted by Crippen LogP contribution is -2.41. The Bertz CT molecular complexity index is 1300. The number of fused-ring (bicyclic) bond motifs is 1. The first-order chi connectivity index (χ1) is 15.9. The van der Waals surface area contributed by atoms with Crippen molar-refractivity contribution in [3.63, 3.8) is 0 Å². The molecule has 0 amide bonds. The molecule has 2 aromatic heterocycles. The van der Waals surface area contributed by atoms with Gasteiger partial charge < -0.3 is 15.2 Å². The summed E-state index contributed by atoms with van der Waals surface area (Å²) in [5.74, 6) is -4.31. The second-order valence-electron chi connectivity index (χ2n) is 9.04. The topological polar surface area (TPSA) is 104 Å². The Morgan fingerprint density at radius 1 is 1.26 bits per heavy atom. The molecule has 0 spiro atoms. The molecule has 7 nitrogen and oxygen atoms in total. The van der Waals surface area contributed by atoms with Gasteiger partial charge in [-0.15, -0.1) is 0 Å². The highest BCUT2D eigenvalue weighted by atomic mass is 19.3. The Labute approximate surface area is 194 Å². The largest absolute Gasteiger partial charge is 0.481 e. The van der Waals surface area contributed by atoms with Crippen LogP contribution in [-0.2, 0) is 11.3 Å². The first-order valence-corrected chi connectivity index (χ1v) is 10.7. The summed E-state index contributed by atoms with van der Waals surface area (Å²) < 4.78 is 50.0. The number of pyridine rings is 1. The number of nitrogens with one attached hydrogen (secondary N) is 1. The number of nitriles is 1. The lowest BCUT2D eigenvalue weighted by atomic mass is 9.91. The smallest absolute Gasteiger partial charge is 0.303 e. The number of nitrogens with zero attached hydrogens (tertiary/aromatic N) is 4. The number of methoxy groups -OCH3 is 1. The van der Waals surface area contributed by atoms with Crippen LogP contribution in [0.2, 0.25) is 0 Å². The Morgan fingerprint density at radius 2 is 1.97 bits per heavy atom. The minimum atomic E-state index is -3.81. The van der Waals surface area contributed by atoms with Crippen molar-refractivity contribution in [3.05, 3.63) is 53.1 Å². The Balaban J connectivity index is 1.75. The lowest BCUT2D eigenvalue weighted by Gasteiger charge is -2.30. The predicted octanol–water partition coefficient (Wildman–Crippen LogP) is 4.76. The maximum absolute atomic E-state index is 15.2. The van der Waals surface area contributed by atoms with Gasteiger partial charge >= 0.3 is 5.92 Å². The Hall–Kier alpha value is -3.45. The molecular formula is C24H24F3N5O2. The van der Waals surface area contributed by atoms with Crippen LogP contribution in [0.4, 0.5) is 19.0 Å². The van der Waals surface area contributed by atoms with Gasteiger partial charge in [-0.2, -0.15) is 19.0 Å². The number of ether oxygens (including phenoxy) is 1. The molecule has 1 aliphatic rings. The van der Waals surface area contributed by atoms with Gasteiger partial charge in [0, 0.05) is 11.1 Å². The number of hydrogen-bond donors (Lipinski definition) is 2. The summed E-state index contributed by atoms with van der Waals surface area (Å²) in [7, 11) is 1.47. The number of aromatic nitrogens is 3. The van der Waals surface area contributed by atoms with E-state index in [2.05, 4.69) is 26.3 Å². The van der Waals surface area contributed by atoms with Crippen molar-refractivity contribution in [2.24, 2.45) is 0 Å². The quantitative estimate of drug-likeness (QED) is 0.512. The van der Waals surface area contributed by atoms with Gasteiger partial charge in [0.15, 0.2) is 5.65 Å². The van der Waals surface area contributed by atoms with Gasteiger partial charge in [0.25, 0.3) is 0 Å². The molecule has 1 aliphatic carbocycles. The van der Waals surface area contributed by atoms with Crippen LogP contribution in [0.1, 0.15) is 56.3 Å². The van der Waals surface area contributed by atoms with Crippen LogP contribution >= 0.6 is 0 Å². The lowest BCUT2D eigenvalue weighted by molar-refractivity contribution is -0.170. The van der Waals surface area contributed by atoms with Gasteiger partial charge in [-0.25, -0.2) is 14.4 Å². The van der Waals surface area contributed by atoms with Gasteiger partial charge in [-0.3, -0.25) is 0 Å². The maximum Gasteiger partial charge on any atom is 0.303 e. The SMILES string of the molecule is COc1nc2ncnc(N[C@H](C)c3cccc(C(F)(F)C(C)(C)O)c3F)c2cc1C1(C#N)CC1. The fourth-order valence-corrected chi connectivity index (χ4v) is 3.89. The van der Waals surface area contributed by atoms with E-state index in [1.165, 1.54) is 25.6 Å². The van der Waals surface area contributed by atoms with Crippen LogP contribution in [0.5, 0.6) is 5.88 Å². The molecule has 34 heavy (non-hydrogen) atoms. The number of hydrogen-bond acceptors (Lipinski definition) is 7. The monoisotopic (exact) mass is 471 g/mol. The molecule has 0 radical (unpaired) electrons. The van der Waals surface area contributed by atoms with Crippen molar-refractivity contribution < 1.29 is 23.0 Å². The van der Waals surface area contributed by atoms with Crippen LogP contribution in [0.15, 0.2) is 30.6 Å². The van der Waals surface area contributed by atoms with E-state index in [1.807, 2.05) is 0 Å². The number of anilines is 1. The molecular weight excluding hydrogens is 447 g/mol. The molecule has 0 unspecified atom stereocenters. The second kappa shape index (κ2) is 8.09. The maximum atomic E-state index is 15.2. The van der Waals surface area contributed by atoms with E-state index in [4.69, 9.17) is 4.74 Å². The van der Waals surface area contributed by atoms with E-state index in [0.717, 1.165) is 19.9 Å². The third kappa shape index (κ3) is 3.80. The third-order valence-electron chi connectivity index (χ3n) is 6.22. The molecule has 2 N–H and O–H groups in total. The summed E-state index contributed by atoms with van der Waals surface area (Å²) in [5, 5.41) is 23.1. The highest BCUT2D eigenvalue weighted by molar-refractivity contribution is 5.88. The van der Waals surface area contributed by atoms with Crippen LogP contribution in [0.3, 0.4) is 0 Å². The van der Waals surface area contributed by atoms with E-state index < -0.39 is 34.4 Å². The number of rotatable bonds is 7. The molecule has 1 atom stereocenters. The van der Waals surface area contributed by atoms with E-state index in [1.54, 1.807) is 13.0 Å². The molecule has 10 heteroatoms. The number of halogens is 3. The first kappa shape index (κ1) is 23.7. The van der Waals surface area contributed by atoms with Gasteiger partial charge in [0.05, 0.1) is 35.6 Å². The molecule has 2 heterocycles. The second-order valence-corrected chi connectivity index (χ2v) is 9.04. The summed E-state index contributed by atoms with van der Waals surface area (Å²) >= 11 is 0. The van der Waals surface area contributed by atoms with Gasteiger partial charge in [-0.1, -0.05) is 12.1 Å². The van der Waals surface area contributed by atoms with Crippen molar-refractivity contribution in [1.82, 2.24) is 15.0 Å². The standard InChI is InChI=1S/C24H24F3N5O2/c1-13(14-6-5-7-16(18(14)25)24(26,27)22(2,3)33)31-19-15-10-17(23(11-28)8-9-23)21(34-4)32-20(15)30-12-29-19/h5-7,10,12-13,33H,8-9H2,1-4H3,(H,29,30,31,32)/t13-/m1/s1. The Morgan fingerprint density at radius 3 is 2.56 bits per heavy atom. The summed E-state index contributed by atoms with van der Waals surface area (Å²) in [4.78, 5) is 12.8. The first-order valence-electron chi connectivity index (χ1n) is 10.7. The minimum absolute atomic E-state index is 0.0226. The minimum Gasteiger partial charge on any atom is -0.481 e. The van der Waals surface area contributed by atoms with Gasteiger partial charge in [0.1, 0.15) is 23.6 Å². The van der Waals surface area contributed by atoms with Crippen molar-refractivity contribution in [1.29, 1.82) is 5.26 Å². The average molecular weight is 471 g/mol. The van der Waals surface area contributed by atoms with E-state index in [9.17, 15) is 19.1 Å². The highest BCUT2D eigenvalue weighted by Crippen LogP contribution is 2.51. The zero-order chi connectivity index (χ0) is 24.9. The number of aliphatic hydroxyl groups is 1. The molecule has 0 bridgehead atoms. The molecule has 1 fully saturated rings. The summed E-state index contributed by atoms with van der Waals surface area (Å²) in [6.45, 7) is 3.47. The molecule has 4 rings (SSSR count). The molecule has 1 saturated carbocycles. The zero-order valence-corrected chi connectivity index (χ0v) is 19.2. The summed E-state index contributed by atoms with van der Waals surface area (Å²) in [6.07, 6.45) is 2.62. The van der Waals surface area contributed by atoms with Crippen molar-refractivity contribution in [3.8, 4) is 11.9 Å². The van der Waals surface area contributed by atoms with Crippen molar-refractivity contribution in [2.75, 3.05) is 12.4 Å². The fourth-order valence-electron chi connectivity index (χ4n) is 3.89. The van der Waals surface area contributed by atoms with Crippen LogP contribution in [0, 0.1) is 17.1 Å². The van der Waals surface area contributed by atoms with Crippen LogP contribution < -0.4 is 10.1 Å². The molecule has 178 valence electrons. The number of benzene rings is 1. The van der Waals surface area contributed by atoms with Crippen LogP contribution in [0.25, 0.3) is 11.0 Å². The van der Waals surface area contributed by atoms with Crippen molar-refractivity contribution in [2.45, 2.75) is 56.6 Å². The fraction of sp³-hybridized carbons (Fsp3) is 0.417. The number of alkyl halides is 2. The van der Waals surface area contributed by atoms with E-state index in [0.29, 0.717) is 41.1 Å². The van der Waals surface area contributed by atoms with E-state index in [-0.39, 0.29) is 5.56 Å². The van der Waals surface area contributed by atoms with Gasteiger partial charge in [0.2, 0.25) is 5.88 Å². The summed E-state index contributed by atoms with van der Waals surface area (Å²) in [6, 6.07) is 6.95. The molecule has 0 saturated heterocycles.